The molecule has 0 atom stereocenters. The van der Waals surface area contributed by atoms with Crippen LogP contribution in [0.5, 0.6) is 17.4 Å². The average Bonchev–Trinajstić information content (AvgIpc) is 2.66. The van der Waals surface area contributed by atoms with Gasteiger partial charge in [-0.25, -0.2) is 4.98 Å². The first-order valence-electron chi connectivity index (χ1n) is 8.46. The molecule has 2 N–H and O–H groups in total. The van der Waals surface area contributed by atoms with Crippen molar-refractivity contribution in [1.29, 1.82) is 0 Å². The molecule has 1 aromatic carbocycles. The monoisotopic (exact) mass is 470 g/mol. The van der Waals surface area contributed by atoms with Crippen LogP contribution < -0.4 is 20.1 Å². The van der Waals surface area contributed by atoms with E-state index in [1.54, 1.807) is 20.4 Å². The summed E-state index contributed by atoms with van der Waals surface area (Å²) >= 11 is 0. The number of aromatic nitrogens is 1. The van der Waals surface area contributed by atoms with E-state index in [9.17, 15) is 0 Å². The maximum absolute atomic E-state index is 5.74. The largest absolute Gasteiger partial charge is 0.497 e. The van der Waals surface area contributed by atoms with Gasteiger partial charge in [0, 0.05) is 38.5 Å². The zero-order valence-corrected chi connectivity index (χ0v) is 17.8. The van der Waals surface area contributed by atoms with Crippen LogP contribution in [0.4, 0.5) is 0 Å². The lowest BCUT2D eigenvalue weighted by Gasteiger charge is -2.11. The van der Waals surface area contributed by atoms with Crippen molar-refractivity contribution in [2.24, 2.45) is 4.99 Å². The summed E-state index contributed by atoms with van der Waals surface area (Å²) in [6.07, 6.45) is 4.07. The van der Waals surface area contributed by atoms with E-state index in [0.29, 0.717) is 18.2 Å². The molecule has 142 valence electrons. The third kappa shape index (κ3) is 7.47. The molecule has 0 saturated heterocycles. The molecule has 0 amide bonds. The van der Waals surface area contributed by atoms with Gasteiger partial charge in [-0.3, -0.25) is 4.99 Å². The molecule has 26 heavy (non-hydrogen) atoms. The van der Waals surface area contributed by atoms with Gasteiger partial charge in [-0.2, -0.15) is 0 Å². The molecular weight excluding hydrogens is 443 g/mol. The van der Waals surface area contributed by atoms with Gasteiger partial charge in [0.15, 0.2) is 5.96 Å². The first-order chi connectivity index (χ1) is 12.2. The van der Waals surface area contributed by atoms with Gasteiger partial charge in [-0.1, -0.05) is 25.5 Å². The normalized spacial score (nSPS) is 10.7. The van der Waals surface area contributed by atoms with E-state index in [1.807, 2.05) is 36.4 Å². The number of hydrogen-bond acceptors (Lipinski definition) is 4. The molecule has 0 aliphatic heterocycles. The van der Waals surface area contributed by atoms with Gasteiger partial charge >= 0.3 is 0 Å². The molecule has 0 fully saturated rings. The van der Waals surface area contributed by atoms with Gasteiger partial charge in [-0.05, 0) is 24.1 Å². The average molecular weight is 470 g/mol. The Kier molecular flexibility index (Phi) is 10.5. The second-order valence-corrected chi connectivity index (χ2v) is 5.49. The Hall–Kier alpha value is -2.03. The summed E-state index contributed by atoms with van der Waals surface area (Å²) in [5.74, 6) is 2.78. The van der Waals surface area contributed by atoms with E-state index >= 15 is 0 Å². The van der Waals surface area contributed by atoms with Gasteiger partial charge < -0.3 is 20.1 Å². The summed E-state index contributed by atoms with van der Waals surface area (Å²) in [5, 5.41) is 6.55. The number of hydrogen-bond donors (Lipinski definition) is 2. The lowest BCUT2D eigenvalue weighted by Crippen LogP contribution is -2.37. The van der Waals surface area contributed by atoms with Crippen molar-refractivity contribution >= 4 is 29.9 Å². The fourth-order valence-corrected chi connectivity index (χ4v) is 2.15. The SMILES string of the molecule is CCCCNC(=NC)NCc1ccc(Oc2cccc(OC)c2)nc1.I. The van der Waals surface area contributed by atoms with Crippen LogP contribution in [0.15, 0.2) is 47.6 Å². The maximum Gasteiger partial charge on any atom is 0.219 e. The number of guanidine groups is 1. The van der Waals surface area contributed by atoms with Crippen LogP contribution in [0.2, 0.25) is 0 Å². The van der Waals surface area contributed by atoms with Crippen molar-refractivity contribution in [2.45, 2.75) is 26.3 Å². The van der Waals surface area contributed by atoms with Gasteiger partial charge in [0.1, 0.15) is 11.5 Å². The Morgan fingerprint density at radius 3 is 2.62 bits per heavy atom. The first kappa shape index (κ1) is 22.0. The number of nitrogens with zero attached hydrogens (tertiary/aromatic N) is 2. The first-order valence-corrected chi connectivity index (χ1v) is 8.46. The number of aliphatic imine (C=N–C) groups is 1. The van der Waals surface area contributed by atoms with Crippen LogP contribution in [0, 0.1) is 0 Å². The van der Waals surface area contributed by atoms with E-state index in [4.69, 9.17) is 9.47 Å². The van der Waals surface area contributed by atoms with Crippen LogP contribution in [0.25, 0.3) is 0 Å². The van der Waals surface area contributed by atoms with E-state index in [0.717, 1.165) is 36.7 Å². The van der Waals surface area contributed by atoms with E-state index in [2.05, 4.69) is 27.5 Å². The Bertz CT molecular complexity index is 677. The number of benzene rings is 1. The molecular formula is C19H27IN4O2. The van der Waals surface area contributed by atoms with Crippen molar-refractivity contribution in [3.63, 3.8) is 0 Å². The van der Waals surface area contributed by atoms with Crippen LogP contribution in [-0.4, -0.2) is 31.6 Å². The van der Waals surface area contributed by atoms with Crippen molar-refractivity contribution in [2.75, 3.05) is 20.7 Å². The van der Waals surface area contributed by atoms with Gasteiger partial charge in [0.2, 0.25) is 5.88 Å². The molecule has 0 aliphatic carbocycles. The second-order valence-electron chi connectivity index (χ2n) is 5.49. The summed E-state index contributed by atoms with van der Waals surface area (Å²) in [6, 6.07) is 11.3. The highest BCUT2D eigenvalue weighted by molar-refractivity contribution is 14.0. The van der Waals surface area contributed by atoms with Crippen LogP contribution in [0.3, 0.4) is 0 Å². The minimum Gasteiger partial charge on any atom is -0.497 e. The minimum atomic E-state index is 0. The molecule has 6 nitrogen and oxygen atoms in total. The van der Waals surface area contributed by atoms with E-state index < -0.39 is 0 Å². The summed E-state index contributed by atoms with van der Waals surface area (Å²) in [5.41, 5.74) is 1.05. The van der Waals surface area contributed by atoms with Crippen molar-refractivity contribution in [1.82, 2.24) is 15.6 Å². The van der Waals surface area contributed by atoms with E-state index in [1.165, 1.54) is 0 Å². The molecule has 2 rings (SSSR count). The summed E-state index contributed by atoms with van der Waals surface area (Å²) in [4.78, 5) is 8.55. The number of halogens is 1. The van der Waals surface area contributed by atoms with Crippen LogP contribution in [-0.2, 0) is 6.54 Å². The zero-order chi connectivity index (χ0) is 17.9. The van der Waals surface area contributed by atoms with Crippen molar-refractivity contribution in [3.8, 4) is 17.4 Å². The molecule has 0 aliphatic rings. The smallest absolute Gasteiger partial charge is 0.219 e. The number of unbranched alkanes of at least 4 members (excludes halogenated alkanes) is 1. The van der Waals surface area contributed by atoms with Crippen LogP contribution in [0.1, 0.15) is 25.3 Å². The third-order valence-corrected chi connectivity index (χ3v) is 3.57. The summed E-state index contributed by atoms with van der Waals surface area (Å²) in [7, 11) is 3.40. The third-order valence-electron chi connectivity index (χ3n) is 3.57. The Balaban J connectivity index is 0.00000338. The van der Waals surface area contributed by atoms with Crippen LogP contribution >= 0.6 is 24.0 Å². The highest BCUT2D eigenvalue weighted by atomic mass is 127. The zero-order valence-electron chi connectivity index (χ0n) is 15.5. The highest BCUT2D eigenvalue weighted by Gasteiger charge is 2.02. The molecule has 1 aromatic heterocycles. The summed E-state index contributed by atoms with van der Waals surface area (Å²) < 4.78 is 10.9. The minimum absolute atomic E-state index is 0. The predicted octanol–water partition coefficient (Wildman–Crippen LogP) is 3.97. The fraction of sp³-hybridized carbons (Fsp3) is 0.368. The second kappa shape index (κ2) is 12.3. The Labute approximate surface area is 172 Å². The lowest BCUT2D eigenvalue weighted by molar-refractivity contribution is 0.407. The molecule has 0 bridgehead atoms. The molecule has 7 heteroatoms. The predicted molar refractivity (Wildman–Crippen MR) is 116 cm³/mol. The Morgan fingerprint density at radius 2 is 1.96 bits per heavy atom. The standard InChI is InChI=1S/C19H26N4O2.HI/c1-4-5-11-21-19(20-2)23-14-15-9-10-18(22-13-15)25-17-8-6-7-16(12-17)24-3;/h6-10,12-13H,4-5,11,14H2,1-3H3,(H2,20,21,23);1H. The molecule has 0 saturated carbocycles. The highest BCUT2D eigenvalue weighted by Crippen LogP contribution is 2.23. The molecule has 1 heterocycles. The fourth-order valence-electron chi connectivity index (χ4n) is 2.15. The number of methoxy groups -OCH3 is 1. The van der Waals surface area contributed by atoms with Gasteiger partial charge in [0.05, 0.1) is 7.11 Å². The van der Waals surface area contributed by atoms with Gasteiger partial charge in [0.25, 0.3) is 0 Å². The maximum atomic E-state index is 5.74. The molecule has 0 radical (unpaired) electrons. The molecule has 2 aromatic rings. The van der Waals surface area contributed by atoms with Crippen molar-refractivity contribution in [3.05, 3.63) is 48.2 Å². The summed E-state index contributed by atoms with van der Waals surface area (Å²) in [6.45, 7) is 3.73. The quantitative estimate of drug-likeness (QED) is 0.265. The topological polar surface area (TPSA) is 67.8 Å². The van der Waals surface area contributed by atoms with Gasteiger partial charge in [-0.15, -0.1) is 24.0 Å². The number of nitrogens with one attached hydrogen (secondary N) is 2. The number of pyridine rings is 1. The molecule has 0 unspecified atom stereocenters. The molecule has 0 spiro atoms. The Morgan fingerprint density at radius 1 is 1.15 bits per heavy atom. The van der Waals surface area contributed by atoms with E-state index in [-0.39, 0.29) is 24.0 Å². The van der Waals surface area contributed by atoms with Crippen molar-refractivity contribution < 1.29 is 9.47 Å². The lowest BCUT2D eigenvalue weighted by atomic mass is 10.3. The number of ether oxygens (including phenoxy) is 2. The number of rotatable bonds is 8.